The van der Waals surface area contributed by atoms with Gasteiger partial charge in [0.25, 0.3) is 11.8 Å². The van der Waals surface area contributed by atoms with E-state index in [4.69, 9.17) is 0 Å². The quantitative estimate of drug-likeness (QED) is 0.762. The summed E-state index contributed by atoms with van der Waals surface area (Å²) in [6.07, 6.45) is 3.13. The van der Waals surface area contributed by atoms with Gasteiger partial charge in [-0.2, -0.15) is 0 Å². The Labute approximate surface area is 145 Å². The maximum atomic E-state index is 12.4. The minimum Gasteiger partial charge on any atom is -0.322 e. The number of rotatable bonds is 4. The third-order valence-corrected chi connectivity index (χ3v) is 3.71. The molecule has 0 aliphatic heterocycles. The van der Waals surface area contributed by atoms with Crippen LogP contribution in [0.1, 0.15) is 26.3 Å². The normalized spacial score (nSPS) is 10.1. The Morgan fingerprint density at radius 2 is 1.44 bits per heavy atom. The van der Waals surface area contributed by atoms with Crippen molar-refractivity contribution in [3.05, 3.63) is 89.7 Å². The van der Waals surface area contributed by atoms with Crippen molar-refractivity contribution in [3.8, 4) is 0 Å². The smallest absolute Gasteiger partial charge is 0.255 e. The number of nitrogens with one attached hydrogen (secondary N) is 2. The Hall–Kier alpha value is -3.47. The lowest BCUT2D eigenvalue weighted by molar-refractivity contribution is 0.101. The van der Waals surface area contributed by atoms with E-state index in [1.807, 2.05) is 25.1 Å². The largest absolute Gasteiger partial charge is 0.322 e. The summed E-state index contributed by atoms with van der Waals surface area (Å²) in [5.74, 6) is -0.416. The van der Waals surface area contributed by atoms with Crippen LogP contribution in [0, 0.1) is 6.92 Å². The maximum Gasteiger partial charge on any atom is 0.255 e. The lowest BCUT2D eigenvalue weighted by Gasteiger charge is -2.10. The monoisotopic (exact) mass is 331 g/mol. The molecule has 0 fully saturated rings. The van der Waals surface area contributed by atoms with Crippen molar-refractivity contribution in [2.45, 2.75) is 6.92 Å². The van der Waals surface area contributed by atoms with Crippen LogP contribution in [0.2, 0.25) is 0 Å². The maximum absolute atomic E-state index is 12.4. The standard InChI is InChI=1S/C20H17N3O2/c1-14-5-2-3-8-18(14)20(25)23-17-7-4-6-16(13-17)22-19(24)15-9-11-21-12-10-15/h2-13H,1H3,(H,22,24)(H,23,25). The zero-order valence-corrected chi connectivity index (χ0v) is 13.7. The summed E-state index contributed by atoms with van der Waals surface area (Å²) in [6.45, 7) is 1.89. The van der Waals surface area contributed by atoms with Crippen molar-refractivity contribution in [2.75, 3.05) is 10.6 Å². The van der Waals surface area contributed by atoms with Gasteiger partial charge in [0.2, 0.25) is 0 Å². The SMILES string of the molecule is Cc1ccccc1C(=O)Nc1cccc(NC(=O)c2ccncc2)c1. The number of amides is 2. The Morgan fingerprint density at radius 1 is 0.800 bits per heavy atom. The van der Waals surface area contributed by atoms with Gasteiger partial charge in [-0.05, 0) is 48.9 Å². The molecule has 2 aromatic carbocycles. The van der Waals surface area contributed by atoms with E-state index in [0.29, 0.717) is 22.5 Å². The van der Waals surface area contributed by atoms with E-state index in [-0.39, 0.29) is 11.8 Å². The van der Waals surface area contributed by atoms with Crippen LogP contribution < -0.4 is 10.6 Å². The molecule has 0 unspecified atom stereocenters. The second-order valence-corrected chi connectivity index (χ2v) is 5.54. The van der Waals surface area contributed by atoms with Crippen LogP contribution >= 0.6 is 0 Å². The van der Waals surface area contributed by atoms with Crippen molar-refractivity contribution in [1.82, 2.24) is 4.98 Å². The number of carbonyl (C=O) groups excluding carboxylic acids is 2. The van der Waals surface area contributed by atoms with Gasteiger partial charge in [0.15, 0.2) is 0 Å². The molecule has 3 rings (SSSR count). The summed E-state index contributed by atoms with van der Waals surface area (Å²) < 4.78 is 0. The van der Waals surface area contributed by atoms with Crippen molar-refractivity contribution in [3.63, 3.8) is 0 Å². The van der Waals surface area contributed by atoms with Crippen LogP contribution in [0.3, 0.4) is 0 Å². The highest BCUT2D eigenvalue weighted by Gasteiger charge is 2.10. The molecule has 5 nitrogen and oxygen atoms in total. The Kier molecular flexibility index (Phi) is 4.85. The average molecular weight is 331 g/mol. The fourth-order valence-electron chi connectivity index (χ4n) is 2.41. The van der Waals surface area contributed by atoms with E-state index in [9.17, 15) is 9.59 Å². The first-order chi connectivity index (χ1) is 12.1. The van der Waals surface area contributed by atoms with Gasteiger partial charge in [0.05, 0.1) is 0 Å². The second kappa shape index (κ2) is 7.40. The second-order valence-electron chi connectivity index (χ2n) is 5.54. The highest BCUT2D eigenvalue weighted by atomic mass is 16.2. The molecular formula is C20H17N3O2. The number of anilines is 2. The number of benzene rings is 2. The van der Waals surface area contributed by atoms with Crippen LogP contribution in [0.15, 0.2) is 73.1 Å². The summed E-state index contributed by atoms with van der Waals surface area (Å²) in [4.78, 5) is 28.5. The molecule has 124 valence electrons. The highest BCUT2D eigenvalue weighted by molar-refractivity contribution is 6.06. The van der Waals surface area contributed by atoms with Gasteiger partial charge < -0.3 is 10.6 Å². The van der Waals surface area contributed by atoms with E-state index in [1.165, 1.54) is 0 Å². The first-order valence-corrected chi connectivity index (χ1v) is 7.82. The van der Waals surface area contributed by atoms with Gasteiger partial charge in [0.1, 0.15) is 0 Å². The number of hydrogen-bond donors (Lipinski definition) is 2. The van der Waals surface area contributed by atoms with Crippen molar-refractivity contribution >= 4 is 23.2 Å². The molecular weight excluding hydrogens is 314 g/mol. The molecule has 0 radical (unpaired) electrons. The van der Waals surface area contributed by atoms with Crippen LogP contribution in [-0.2, 0) is 0 Å². The average Bonchev–Trinajstić information content (AvgIpc) is 2.63. The summed E-state index contributed by atoms with van der Waals surface area (Å²) in [6, 6.07) is 17.7. The Morgan fingerprint density at radius 3 is 2.12 bits per heavy atom. The molecule has 0 bridgehead atoms. The molecule has 0 saturated heterocycles. The van der Waals surface area contributed by atoms with Gasteiger partial charge in [0, 0.05) is 34.9 Å². The fraction of sp³-hybridized carbons (Fsp3) is 0.0500. The molecule has 5 heteroatoms. The number of aromatic nitrogens is 1. The van der Waals surface area contributed by atoms with Crippen molar-refractivity contribution in [1.29, 1.82) is 0 Å². The molecule has 2 amide bonds. The molecule has 0 aliphatic rings. The molecule has 3 aromatic rings. The molecule has 1 aromatic heterocycles. The zero-order valence-electron chi connectivity index (χ0n) is 13.7. The predicted molar refractivity (Wildman–Crippen MR) is 97.8 cm³/mol. The minimum atomic E-state index is -0.232. The highest BCUT2D eigenvalue weighted by Crippen LogP contribution is 2.18. The number of hydrogen-bond acceptors (Lipinski definition) is 3. The Bertz CT molecular complexity index is 908. The van der Waals surface area contributed by atoms with Crippen LogP contribution in [-0.4, -0.2) is 16.8 Å². The number of nitrogens with zero attached hydrogens (tertiary/aromatic N) is 1. The lowest BCUT2D eigenvalue weighted by Crippen LogP contribution is -2.14. The third kappa shape index (κ3) is 4.09. The van der Waals surface area contributed by atoms with Gasteiger partial charge >= 0.3 is 0 Å². The fourth-order valence-corrected chi connectivity index (χ4v) is 2.41. The van der Waals surface area contributed by atoms with Gasteiger partial charge in [-0.3, -0.25) is 14.6 Å². The molecule has 0 atom stereocenters. The Balaban J connectivity index is 1.72. The van der Waals surface area contributed by atoms with Crippen molar-refractivity contribution in [2.24, 2.45) is 0 Å². The minimum absolute atomic E-state index is 0.185. The van der Waals surface area contributed by atoms with Crippen LogP contribution in [0.4, 0.5) is 11.4 Å². The van der Waals surface area contributed by atoms with Crippen LogP contribution in [0.25, 0.3) is 0 Å². The van der Waals surface area contributed by atoms with E-state index in [0.717, 1.165) is 5.56 Å². The molecule has 2 N–H and O–H groups in total. The van der Waals surface area contributed by atoms with Gasteiger partial charge in [-0.25, -0.2) is 0 Å². The first-order valence-electron chi connectivity index (χ1n) is 7.82. The van der Waals surface area contributed by atoms with Crippen LogP contribution in [0.5, 0.6) is 0 Å². The predicted octanol–water partition coefficient (Wildman–Crippen LogP) is 3.89. The lowest BCUT2D eigenvalue weighted by atomic mass is 10.1. The molecule has 0 spiro atoms. The number of pyridine rings is 1. The number of aryl methyl sites for hydroxylation is 1. The van der Waals surface area contributed by atoms with E-state index in [2.05, 4.69) is 15.6 Å². The third-order valence-electron chi connectivity index (χ3n) is 3.71. The molecule has 0 aliphatic carbocycles. The summed E-state index contributed by atoms with van der Waals surface area (Å²) >= 11 is 0. The van der Waals surface area contributed by atoms with E-state index < -0.39 is 0 Å². The van der Waals surface area contributed by atoms with Gasteiger partial charge in [-0.15, -0.1) is 0 Å². The van der Waals surface area contributed by atoms with E-state index >= 15 is 0 Å². The summed E-state index contributed by atoms with van der Waals surface area (Å²) in [5.41, 5.74) is 3.25. The summed E-state index contributed by atoms with van der Waals surface area (Å²) in [5, 5.41) is 5.66. The first kappa shape index (κ1) is 16.4. The van der Waals surface area contributed by atoms with Crippen molar-refractivity contribution < 1.29 is 9.59 Å². The van der Waals surface area contributed by atoms with E-state index in [1.54, 1.807) is 54.9 Å². The molecule has 0 saturated carbocycles. The zero-order chi connectivity index (χ0) is 17.6. The topological polar surface area (TPSA) is 71.1 Å². The van der Waals surface area contributed by atoms with Gasteiger partial charge in [-0.1, -0.05) is 24.3 Å². The molecule has 1 heterocycles. The molecule has 25 heavy (non-hydrogen) atoms. The number of carbonyl (C=O) groups is 2. The summed E-state index contributed by atoms with van der Waals surface area (Å²) in [7, 11) is 0.